The first kappa shape index (κ1) is 16.6. The molecule has 0 saturated carbocycles. The molecule has 0 bridgehead atoms. The normalized spacial score (nSPS) is 20.0. The van der Waals surface area contributed by atoms with Crippen LogP contribution >= 0.6 is 11.3 Å². The minimum atomic E-state index is -3.18. The zero-order valence-electron chi connectivity index (χ0n) is 13.1. The molecule has 0 N–H and O–H groups in total. The first-order chi connectivity index (χ1) is 11.1. The molecule has 6 nitrogen and oxygen atoms in total. The van der Waals surface area contributed by atoms with E-state index in [-0.39, 0.29) is 11.7 Å². The van der Waals surface area contributed by atoms with Crippen LogP contribution in [0.1, 0.15) is 44.4 Å². The summed E-state index contributed by atoms with van der Waals surface area (Å²) in [7, 11) is -3.18. The Morgan fingerprint density at radius 2 is 2.30 bits per heavy atom. The fourth-order valence-corrected chi connectivity index (χ4v) is 5.11. The molecule has 0 radical (unpaired) electrons. The van der Waals surface area contributed by atoms with Crippen molar-refractivity contribution in [3.8, 4) is 11.5 Å². The van der Waals surface area contributed by atoms with Crippen molar-refractivity contribution < 1.29 is 12.8 Å². The molecule has 0 aliphatic carbocycles. The molecule has 1 unspecified atom stereocenters. The maximum atomic E-state index is 12.4. The van der Waals surface area contributed by atoms with Crippen molar-refractivity contribution in [3.63, 3.8) is 0 Å². The highest BCUT2D eigenvalue weighted by molar-refractivity contribution is 7.89. The summed E-state index contributed by atoms with van der Waals surface area (Å²) in [4.78, 5) is 0. The fraction of sp³-hybridized carbons (Fsp3) is 0.600. The summed E-state index contributed by atoms with van der Waals surface area (Å²) in [6, 6.07) is 1.93. The summed E-state index contributed by atoms with van der Waals surface area (Å²) in [5.41, 5.74) is 0.914. The third-order valence-electron chi connectivity index (χ3n) is 4.09. The lowest BCUT2D eigenvalue weighted by molar-refractivity contribution is 0.286. The molecule has 0 amide bonds. The summed E-state index contributed by atoms with van der Waals surface area (Å²) in [6.45, 7) is 3.03. The Morgan fingerprint density at radius 3 is 3.04 bits per heavy atom. The van der Waals surface area contributed by atoms with Gasteiger partial charge in [0.15, 0.2) is 0 Å². The van der Waals surface area contributed by atoms with E-state index in [1.807, 2.05) is 23.8 Å². The monoisotopic (exact) mass is 355 g/mol. The summed E-state index contributed by atoms with van der Waals surface area (Å²) in [5.74, 6) is 1.26. The Hall–Kier alpha value is -1.25. The van der Waals surface area contributed by atoms with E-state index in [1.165, 1.54) is 0 Å². The average molecular weight is 355 g/mol. The molecule has 2 aromatic heterocycles. The van der Waals surface area contributed by atoms with Crippen molar-refractivity contribution in [2.75, 3.05) is 18.8 Å². The number of aromatic nitrogens is 2. The molecule has 1 aliphatic rings. The standard InChI is InChI=1S/C15H21N3O3S2/c1-2-3-9-23(19,20)18-7-4-5-12(10-18)14-16-17-15(21-14)13-6-8-22-11-13/h6,8,11-12H,2-5,7,9-10H2,1H3. The van der Waals surface area contributed by atoms with Gasteiger partial charge in [0.05, 0.1) is 11.7 Å². The van der Waals surface area contributed by atoms with Crippen LogP contribution in [0.25, 0.3) is 11.5 Å². The molecular formula is C15H21N3O3S2. The van der Waals surface area contributed by atoms with Crippen molar-refractivity contribution in [2.24, 2.45) is 0 Å². The lowest BCUT2D eigenvalue weighted by atomic mass is 10.00. The third-order valence-corrected chi connectivity index (χ3v) is 6.70. The molecule has 1 fully saturated rings. The number of piperidine rings is 1. The topological polar surface area (TPSA) is 76.3 Å². The number of hydrogen-bond acceptors (Lipinski definition) is 6. The van der Waals surface area contributed by atoms with E-state index in [9.17, 15) is 8.42 Å². The van der Waals surface area contributed by atoms with Gasteiger partial charge in [-0.1, -0.05) is 13.3 Å². The quantitative estimate of drug-likeness (QED) is 0.796. The van der Waals surface area contributed by atoms with E-state index in [0.717, 1.165) is 24.8 Å². The molecule has 3 heterocycles. The van der Waals surface area contributed by atoms with Gasteiger partial charge < -0.3 is 4.42 Å². The van der Waals surface area contributed by atoms with Crippen molar-refractivity contribution in [3.05, 3.63) is 22.7 Å². The van der Waals surface area contributed by atoms with Gasteiger partial charge in [-0.05, 0) is 30.7 Å². The number of rotatable bonds is 6. The summed E-state index contributed by atoms with van der Waals surface area (Å²) < 4.78 is 32.1. The smallest absolute Gasteiger partial charge is 0.248 e. The largest absolute Gasteiger partial charge is 0.420 e. The zero-order valence-corrected chi connectivity index (χ0v) is 14.8. The van der Waals surface area contributed by atoms with Crippen LogP contribution in [0.4, 0.5) is 0 Å². The lowest BCUT2D eigenvalue weighted by Gasteiger charge is -2.30. The molecule has 23 heavy (non-hydrogen) atoms. The summed E-state index contributed by atoms with van der Waals surface area (Å²) in [6.07, 6.45) is 3.29. The van der Waals surface area contributed by atoms with Crippen LogP contribution in [0, 0.1) is 0 Å². The van der Waals surface area contributed by atoms with Gasteiger partial charge in [0.25, 0.3) is 0 Å². The number of sulfonamides is 1. The SMILES string of the molecule is CCCCS(=O)(=O)N1CCCC(c2nnc(-c3ccsc3)o2)C1. The van der Waals surface area contributed by atoms with Crippen molar-refractivity contribution in [1.29, 1.82) is 0 Å². The molecule has 1 atom stereocenters. The molecule has 2 aromatic rings. The number of unbranched alkanes of at least 4 members (excludes halogenated alkanes) is 1. The van der Waals surface area contributed by atoms with Gasteiger partial charge in [0, 0.05) is 24.0 Å². The highest BCUT2D eigenvalue weighted by Gasteiger charge is 2.31. The number of hydrogen-bond donors (Lipinski definition) is 0. The highest BCUT2D eigenvalue weighted by atomic mass is 32.2. The second kappa shape index (κ2) is 7.11. The molecule has 0 spiro atoms. The Kier molecular flexibility index (Phi) is 5.13. The Balaban J connectivity index is 1.71. The molecule has 1 aliphatic heterocycles. The van der Waals surface area contributed by atoms with Gasteiger partial charge in [0.1, 0.15) is 0 Å². The maximum absolute atomic E-state index is 12.4. The second-order valence-corrected chi connectivity index (χ2v) is 8.69. The van der Waals surface area contributed by atoms with Crippen LogP contribution < -0.4 is 0 Å². The first-order valence-electron chi connectivity index (χ1n) is 7.94. The second-order valence-electron chi connectivity index (χ2n) is 5.82. The highest BCUT2D eigenvalue weighted by Crippen LogP contribution is 2.30. The first-order valence-corrected chi connectivity index (χ1v) is 10.5. The lowest BCUT2D eigenvalue weighted by Crippen LogP contribution is -2.40. The predicted molar refractivity (Wildman–Crippen MR) is 89.9 cm³/mol. The van der Waals surface area contributed by atoms with Gasteiger partial charge in [-0.2, -0.15) is 11.3 Å². The predicted octanol–water partition coefficient (Wildman–Crippen LogP) is 3.11. The van der Waals surface area contributed by atoms with Crippen LogP contribution in [0.5, 0.6) is 0 Å². The molecule has 0 aromatic carbocycles. The zero-order chi connectivity index (χ0) is 16.3. The van der Waals surface area contributed by atoms with Crippen molar-refractivity contribution in [2.45, 2.75) is 38.5 Å². The minimum Gasteiger partial charge on any atom is -0.420 e. The van der Waals surface area contributed by atoms with Gasteiger partial charge in [0.2, 0.25) is 21.8 Å². The Bertz CT molecular complexity index is 725. The molecular weight excluding hydrogens is 334 g/mol. The molecule has 126 valence electrons. The molecule has 1 saturated heterocycles. The van der Waals surface area contributed by atoms with Crippen molar-refractivity contribution in [1.82, 2.24) is 14.5 Å². The van der Waals surface area contributed by atoms with Crippen LogP contribution in [-0.2, 0) is 10.0 Å². The van der Waals surface area contributed by atoms with E-state index >= 15 is 0 Å². The van der Waals surface area contributed by atoms with E-state index in [1.54, 1.807) is 15.6 Å². The van der Waals surface area contributed by atoms with Gasteiger partial charge >= 0.3 is 0 Å². The molecule has 8 heteroatoms. The van der Waals surface area contributed by atoms with Crippen LogP contribution in [-0.4, -0.2) is 41.8 Å². The number of nitrogens with zero attached hydrogens (tertiary/aromatic N) is 3. The van der Waals surface area contributed by atoms with Crippen molar-refractivity contribution >= 4 is 21.4 Å². The minimum absolute atomic E-state index is 0.0139. The van der Waals surface area contributed by atoms with Gasteiger partial charge in [-0.15, -0.1) is 10.2 Å². The van der Waals surface area contributed by atoms with E-state index in [2.05, 4.69) is 10.2 Å². The van der Waals surface area contributed by atoms with Crippen LogP contribution in [0.3, 0.4) is 0 Å². The third kappa shape index (κ3) is 3.81. The maximum Gasteiger partial charge on any atom is 0.248 e. The Morgan fingerprint density at radius 1 is 1.43 bits per heavy atom. The molecule has 3 rings (SSSR count). The summed E-state index contributed by atoms with van der Waals surface area (Å²) >= 11 is 1.58. The van der Waals surface area contributed by atoms with Gasteiger partial charge in [-0.25, -0.2) is 12.7 Å². The van der Waals surface area contributed by atoms with E-state index in [0.29, 0.717) is 31.3 Å². The Labute approximate surface area is 140 Å². The average Bonchev–Trinajstić information content (AvgIpc) is 3.24. The van der Waals surface area contributed by atoms with E-state index < -0.39 is 10.0 Å². The van der Waals surface area contributed by atoms with E-state index in [4.69, 9.17) is 4.42 Å². The fourth-order valence-electron chi connectivity index (χ4n) is 2.75. The van der Waals surface area contributed by atoms with Gasteiger partial charge in [-0.3, -0.25) is 0 Å². The summed E-state index contributed by atoms with van der Waals surface area (Å²) in [5, 5.41) is 12.2. The van der Waals surface area contributed by atoms with Crippen LogP contribution in [0.2, 0.25) is 0 Å². The number of thiophene rings is 1. The van der Waals surface area contributed by atoms with Crippen LogP contribution in [0.15, 0.2) is 21.2 Å².